The van der Waals surface area contributed by atoms with Crippen LogP contribution in [0.1, 0.15) is 52.0 Å². The number of ether oxygens (including phenoxy) is 1. The highest BCUT2D eigenvalue weighted by atomic mass is 16.5. The lowest BCUT2D eigenvalue weighted by atomic mass is 9.55. The number of rotatable bonds is 4. The average Bonchev–Trinajstić information content (AvgIpc) is 2.73. The van der Waals surface area contributed by atoms with E-state index in [0.717, 1.165) is 38.5 Å². The highest BCUT2D eigenvalue weighted by molar-refractivity contribution is 5.80. The van der Waals surface area contributed by atoms with Gasteiger partial charge >= 0.3 is 0 Å². The van der Waals surface area contributed by atoms with Crippen molar-refractivity contribution in [3.8, 4) is 0 Å². The van der Waals surface area contributed by atoms with Gasteiger partial charge in [-0.3, -0.25) is 9.89 Å². The van der Waals surface area contributed by atoms with Gasteiger partial charge in [0.25, 0.3) is 0 Å². The monoisotopic (exact) mass is 398 g/mol. The molecule has 5 nitrogen and oxygen atoms in total. The second-order valence-electron chi connectivity index (χ2n) is 9.78. The summed E-state index contributed by atoms with van der Waals surface area (Å²) in [5.74, 6) is 1.57. The van der Waals surface area contributed by atoms with Gasteiger partial charge in [-0.2, -0.15) is 0 Å². The molecule has 0 spiro atoms. The van der Waals surface area contributed by atoms with Crippen molar-refractivity contribution >= 4 is 5.96 Å². The molecule has 2 saturated heterocycles. The Bertz CT molecular complexity index is 704. The molecule has 2 heterocycles. The Kier molecular flexibility index (Phi) is 6.16. The van der Waals surface area contributed by atoms with Crippen LogP contribution in [0.25, 0.3) is 0 Å². The highest BCUT2D eigenvalue weighted by Gasteiger charge is 2.58. The lowest BCUT2D eigenvalue weighted by Crippen LogP contribution is -2.71. The van der Waals surface area contributed by atoms with Crippen molar-refractivity contribution < 1.29 is 4.74 Å². The van der Waals surface area contributed by atoms with Crippen LogP contribution in [-0.4, -0.2) is 55.3 Å². The van der Waals surface area contributed by atoms with Gasteiger partial charge in [0.15, 0.2) is 5.96 Å². The fourth-order valence-corrected chi connectivity index (χ4v) is 5.73. The topological polar surface area (TPSA) is 48.9 Å². The first-order valence-electron chi connectivity index (χ1n) is 11.4. The molecule has 1 aromatic rings. The normalized spacial score (nSPS) is 34.8. The Morgan fingerprint density at radius 3 is 2.72 bits per heavy atom. The molecule has 29 heavy (non-hydrogen) atoms. The second-order valence-corrected chi connectivity index (χ2v) is 9.78. The molecule has 1 saturated carbocycles. The molecule has 2 N–H and O–H groups in total. The number of nitrogens with one attached hydrogen (secondary N) is 2. The second kappa shape index (κ2) is 8.65. The summed E-state index contributed by atoms with van der Waals surface area (Å²) < 4.78 is 6.06. The molecule has 0 amide bonds. The standard InChI is InChI=1S/C24H38N4O/c1-17-15-19(12-13-28(17)16-18-9-6-5-7-10-18)26-23(25-4)27-21-20-11-8-14-29-22(20)24(21,2)3/h5-7,9-10,17,19-22H,8,11-16H2,1-4H3,(H2,25,26,27). The number of fused-ring (bicyclic) bond motifs is 1. The van der Waals surface area contributed by atoms with E-state index in [1.165, 1.54) is 18.4 Å². The Hall–Kier alpha value is -1.59. The number of aliphatic imine (C=N–C) groups is 1. The molecular formula is C24H38N4O. The van der Waals surface area contributed by atoms with Gasteiger partial charge < -0.3 is 15.4 Å². The summed E-state index contributed by atoms with van der Waals surface area (Å²) in [6.45, 7) is 10.1. The van der Waals surface area contributed by atoms with E-state index < -0.39 is 0 Å². The summed E-state index contributed by atoms with van der Waals surface area (Å²) in [4.78, 5) is 7.16. The van der Waals surface area contributed by atoms with Gasteiger partial charge in [0.1, 0.15) is 0 Å². The molecule has 2 aliphatic heterocycles. The fourth-order valence-electron chi connectivity index (χ4n) is 5.73. The molecule has 5 heteroatoms. The maximum atomic E-state index is 6.06. The maximum Gasteiger partial charge on any atom is 0.191 e. The SMILES string of the molecule is CN=C(NC1CCN(Cc2ccccc2)C(C)C1)NC1C2CCCOC2C1(C)C. The summed E-state index contributed by atoms with van der Waals surface area (Å²) >= 11 is 0. The van der Waals surface area contributed by atoms with Gasteiger partial charge in [-0.15, -0.1) is 0 Å². The first-order chi connectivity index (χ1) is 14.0. The molecule has 160 valence electrons. The summed E-state index contributed by atoms with van der Waals surface area (Å²) in [6, 6.07) is 12.3. The smallest absolute Gasteiger partial charge is 0.191 e. The van der Waals surface area contributed by atoms with Crippen LogP contribution in [0.15, 0.2) is 35.3 Å². The molecule has 1 aromatic carbocycles. The zero-order valence-electron chi connectivity index (χ0n) is 18.5. The lowest BCUT2D eigenvalue weighted by molar-refractivity contribution is -0.188. The van der Waals surface area contributed by atoms with Gasteiger partial charge in [-0.25, -0.2) is 0 Å². The van der Waals surface area contributed by atoms with Gasteiger partial charge in [-0.05, 0) is 38.2 Å². The number of hydrogen-bond acceptors (Lipinski definition) is 3. The number of benzene rings is 1. The molecule has 3 fully saturated rings. The largest absolute Gasteiger partial charge is 0.377 e. The maximum absolute atomic E-state index is 6.06. The van der Waals surface area contributed by atoms with Gasteiger partial charge in [0, 0.05) is 56.2 Å². The Balaban J connectivity index is 1.30. The third kappa shape index (κ3) is 4.31. The summed E-state index contributed by atoms with van der Waals surface area (Å²) in [5.41, 5.74) is 1.56. The van der Waals surface area contributed by atoms with Gasteiger partial charge in [-0.1, -0.05) is 44.2 Å². The van der Waals surface area contributed by atoms with E-state index >= 15 is 0 Å². The van der Waals surface area contributed by atoms with Crippen LogP contribution >= 0.6 is 0 Å². The number of hydrogen-bond donors (Lipinski definition) is 2. The van der Waals surface area contributed by atoms with Crippen LogP contribution < -0.4 is 10.6 Å². The summed E-state index contributed by atoms with van der Waals surface area (Å²) in [7, 11) is 1.89. The van der Waals surface area contributed by atoms with Gasteiger partial charge in [0.05, 0.1) is 6.10 Å². The first kappa shape index (κ1) is 20.7. The minimum absolute atomic E-state index is 0.162. The molecule has 0 bridgehead atoms. The zero-order chi connectivity index (χ0) is 20.4. The van der Waals surface area contributed by atoms with Crippen molar-refractivity contribution in [2.75, 3.05) is 20.2 Å². The van der Waals surface area contributed by atoms with Crippen LogP contribution in [0.3, 0.4) is 0 Å². The third-order valence-corrected chi connectivity index (χ3v) is 7.43. The van der Waals surface area contributed by atoms with Crippen molar-refractivity contribution in [3.05, 3.63) is 35.9 Å². The van der Waals surface area contributed by atoms with E-state index in [1.807, 2.05) is 7.05 Å². The minimum Gasteiger partial charge on any atom is -0.377 e. The molecule has 5 unspecified atom stereocenters. The van der Waals surface area contributed by atoms with Crippen LogP contribution in [0.4, 0.5) is 0 Å². The summed E-state index contributed by atoms with van der Waals surface area (Å²) in [6.07, 6.45) is 5.14. The van der Waals surface area contributed by atoms with E-state index in [0.29, 0.717) is 30.1 Å². The van der Waals surface area contributed by atoms with Crippen LogP contribution in [0, 0.1) is 11.3 Å². The minimum atomic E-state index is 0.162. The van der Waals surface area contributed by atoms with E-state index in [1.54, 1.807) is 0 Å². The zero-order valence-corrected chi connectivity index (χ0v) is 18.5. The van der Waals surface area contributed by atoms with Crippen LogP contribution in [0.5, 0.6) is 0 Å². The summed E-state index contributed by atoms with van der Waals surface area (Å²) in [5, 5.41) is 7.48. The molecular weight excluding hydrogens is 360 g/mol. The van der Waals surface area contributed by atoms with Crippen molar-refractivity contribution in [2.45, 2.75) is 77.2 Å². The van der Waals surface area contributed by atoms with Crippen molar-refractivity contribution in [1.29, 1.82) is 0 Å². The Labute approximate surface area is 176 Å². The van der Waals surface area contributed by atoms with E-state index in [-0.39, 0.29) is 5.41 Å². The molecule has 5 atom stereocenters. The molecule has 0 aromatic heterocycles. The van der Waals surface area contributed by atoms with Crippen LogP contribution in [-0.2, 0) is 11.3 Å². The molecule has 1 aliphatic carbocycles. The van der Waals surface area contributed by atoms with Gasteiger partial charge in [0.2, 0.25) is 0 Å². The third-order valence-electron chi connectivity index (χ3n) is 7.43. The number of piperidine rings is 1. The fraction of sp³-hybridized carbons (Fsp3) is 0.708. The van der Waals surface area contributed by atoms with Crippen molar-refractivity contribution in [2.24, 2.45) is 16.3 Å². The number of guanidine groups is 1. The predicted molar refractivity (Wildman–Crippen MR) is 119 cm³/mol. The first-order valence-corrected chi connectivity index (χ1v) is 11.4. The quantitative estimate of drug-likeness (QED) is 0.603. The number of nitrogens with zero attached hydrogens (tertiary/aromatic N) is 2. The number of likely N-dealkylation sites (tertiary alicyclic amines) is 1. The predicted octanol–water partition coefficient (Wildman–Crippen LogP) is 3.41. The van der Waals surface area contributed by atoms with E-state index in [9.17, 15) is 0 Å². The lowest BCUT2D eigenvalue weighted by Gasteiger charge is -2.60. The van der Waals surface area contributed by atoms with Crippen molar-refractivity contribution in [3.63, 3.8) is 0 Å². The van der Waals surface area contributed by atoms with E-state index in [2.05, 4.69) is 71.6 Å². The molecule has 0 radical (unpaired) electrons. The molecule has 4 rings (SSSR count). The van der Waals surface area contributed by atoms with E-state index in [4.69, 9.17) is 4.74 Å². The van der Waals surface area contributed by atoms with Crippen LogP contribution in [0.2, 0.25) is 0 Å². The molecule has 3 aliphatic rings. The van der Waals surface area contributed by atoms with Crippen molar-refractivity contribution in [1.82, 2.24) is 15.5 Å². The average molecular weight is 399 g/mol. The highest BCUT2D eigenvalue weighted by Crippen LogP contribution is 2.51. The Morgan fingerprint density at radius 2 is 2.00 bits per heavy atom. The Morgan fingerprint density at radius 1 is 1.21 bits per heavy atom.